The van der Waals surface area contributed by atoms with Gasteiger partial charge in [0, 0.05) is 20.1 Å². The second-order valence-corrected chi connectivity index (χ2v) is 9.69. The van der Waals surface area contributed by atoms with E-state index in [4.69, 9.17) is 24.5 Å². The Morgan fingerprint density at radius 1 is 0.912 bits per heavy atom. The van der Waals surface area contributed by atoms with E-state index in [-0.39, 0.29) is 33.2 Å². The summed E-state index contributed by atoms with van der Waals surface area (Å²) < 4.78 is 37.1. The van der Waals surface area contributed by atoms with Crippen LogP contribution < -0.4 is 5.73 Å². The highest BCUT2D eigenvalue weighted by Gasteiger charge is 2.24. The summed E-state index contributed by atoms with van der Waals surface area (Å²) in [7, 11) is -4.23. The molecule has 0 amide bonds. The molecule has 1 unspecified atom stereocenters. The van der Waals surface area contributed by atoms with Crippen LogP contribution >= 0.6 is 7.82 Å². The summed E-state index contributed by atoms with van der Waals surface area (Å²) in [5, 5.41) is 0. The van der Waals surface area contributed by atoms with Crippen LogP contribution in [0.1, 0.15) is 90.9 Å². The third kappa shape index (κ3) is 24.3. The number of carbonyl (C=O) groups is 1. The lowest BCUT2D eigenvalue weighted by molar-refractivity contribution is -0.153. The Labute approximate surface area is 206 Å². The first kappa shape index (κ1) is 33.2. The Kier molecular flexibility index (Phi) is 23.4. The van der Waals surface area contributed by atoms with Crippen molar-refractivity contribution in [1.82, 2.24) is 0 Å². The maximum Gasteiger partial charge on any atom is 0.472 e. The Morgan fingerprint density at radius 3 is 2.15 bits per heavy atom. The monoisotopic (exact) mass is 509 g/mol. The Hall–Kier alpha value is -0.800. The summed E-state index contributed by atoms with van der Waals surface area (Å²) in [5.41, 5.74) is 5.24. The lowest BCUT2D eigenvalue weighted by Gasteiger charge is -2.19. The van der Waals surface area contributed by atoms with Crippen molar-refractivity contribution in [3.63, 3.8) is 0 Å². The standard InChI is InChI=1S/C24H48NO8P/c1-3-4-5-6-7-8-9-10-11-12-13-14-15-16-18-29-22-31-24(20-30-23(2)26)21-33-34(27,28)32-19-17-25/h6-7,24H,3-5,8-22,25H2,1-2H3,(H,27,28)/b7-6-/t24-/m0/s1. The van der Waals surface area contributed by atoms with Crippen LogP contribution in [0.2, 0.25) is 0 Å². The van der Waals surface area contributed by atoms with E-state index in [0.717, 1.165) is 12.8 Å². The van der Waals surface area contributed by atoms with Crippen LogP contribution in [0.5, 0.6) is 0 Å². The van der Waals surface area contributed by atoms with Crippen LogP contribution in [0.3, 0.4) is 0 Å². The van der Waals surface area contributed by atoms with Gasteiger partial charge in [0.1, 0.15) is 19.5 Å². The predicted molar refractivity (Wildman–Crippen MR) is 133 cm³/mol. The highest BCUT2D eigenvalue weighted by molar-refractivity contribution is 7.47. The Morgan fingerprint density at radius 2 is 1.53 bits per heavy atom. The van der Waals surface area contributed by atoms with Crippen LogP contribution in [-0.2, 0) is 32.6 Å². The van der Waals surface area contributed by atoms with E-state index < -0.39 is 19.9 Å². The molecular formula is C24H48NO8P. The molecule has 0 aliphatic carbocycles. The van der Waals surface area contributed by atoms with Crippen LogP contribution in [0, 0.1) is 0 Å². The van der Waals surface area contributed by atoms with Gasteiger partial charge < -0.3 is 24.8 Å². The topological polar surface area (TPSA) is 127 Å². The number of ether oxygens (including phenoxy) is 3. The molecule has 0 radical (unpaired) electrons. The van der Waals surface area contributed by atoms with Gasteiger partial charge in [-0.2, -0.15) is 0 Å². The van der Waals surface area contributed by atoms with E-state index >= 15 is 0 Å². The lowest BCUT2D eigenvalue weighted by atomic mass is 10.1. The molecule has 2 atom stereocenters. The second kappa shape index (κ2) is 23.9. The van der Waals surface area contributed by atoms with Gasteiger partial charge >= 0.3 is 13.8 Å². The molecule has 0 rings (SSSR count). The Bertz CT molecular complexity index is 547. The van der Waals surface area contributed by atoms with Crippen molar-refractivity contribution in [2.24, 2.45) is 5.73 Å². The first-order chi connectivity index (χ1) is 16.4. The summed E-state index contributed by atoms with van der Waals surface area (Å²) in [6, 6.07) is 0. The molecule has 0 aromatic rings. The fourth-order valence-electron chi connectivity index (χ4n) is 3.03. The summed E-state index contributed by atoms with van der Waals surface area (Å²) >= 11 is 0. The normalized spacial score (nSPS) is 14.4. The van der Waals surface area contributed by atoms with E-state index in [2.05, 4.69) is 23.6 Å². The first-order valence-corrected chi connectivity index (χ1v) is 14.2. The molecule has 0 aromatic heterocycles. The van der Waals surface area contributed by atoms with E-state index in [1.54, 1.807) is 0 Å². The van der Waals surface area contributed by atoms with Gasteiger partial charge in [-0.1, -0.05) is 70.4 Å². The summed E-state index contributed by atoms with van der Waals surface area (Å²) in [6.45, 7) is 3.60. The molecule has 0 aromatic carbocycles. The third-order valence-corrected chi connectivity index (χ3v) is 5.94. The third-order valence-electron chi connectivity index (χ3n) is 4.96. The molecule has 202 valence electrons. The number of allylic oxidation sites excluding steroid dienone is 2. The number of nitrogens with two attached hydrogens (primary N) is 1. The average Bonchev–Trinajstić information content (AvgIpc) is 2.80. The molecule has 0 aliphatic heterocycles. The molecule has 10 heteroatoms. The largest absolute Gasteiger partial charge is 0.472 e. The van der Waals surface area contributed by atoms with Gasteiger partial charge in [-0.3, -0.25) is 13.8 Å². The minimum Gasteiger partial charge on any atom is -0.463 e. The first-order valence-electron chi connectivity index (χ1n) is 12.7. The van der Waals surface area contributed by atoms with Crippen molar-refractivity contribution >= 4 is 13.8 Å². The average molecular weight is 510 g/mol. The minimum atomic E-state index is -4.23. The number of rotatable bonds is 25. The number of unbranched alkanes of at least 4 members (excludes halogenated alkanes) is 10. The van der Waals surface area contributed by atoms with Crippen molar-refractivity contribution in [2.75, 3.05) is 39.8 Å². The number of hydrogen-bond acceptors (Lipinski definition) is 8. The molecular weight excluding hydrogens is 461 g/mol. The SMILES string of the molecule is CCCC/C=C\CCCCCCCCCCOCO[C@@H](COC(C)=O)COP(=O)(O)OCCN. The summed E-state index contributed by atoms with van der Waals surface area (Å²) in [5.74, 6) is -0.486. The zero-order valence-electron chi connectivity index (χ0n) is 21.3. The van der Waals surface area contributed by atoms with Crippen LogP contribution in [0.25, 0.3) is 0 Å². The van der Waals surface area contributed by atoms with Crippen molar-refractivity contribution in [3.8, 4) is 0 Å². The predicted octanol–water partition coefficient (Wildman–Crippen LogP) is 5.26. The zero-order valence-corrected chi connectivity index (χ0v) is 22.2. The van der Waals surface area contributed by atoms with Gasteiger partial charge in [0.15, 0.2) is 0 Å². The van der Waals surface area contributed by atoms with Crippen molar-refractivity contribution in [2.45, 2.75) is 97.0 Å². The second-order valence-electron chi connectivity index (χ2n) is 8.23. The molecule has 0 spiro atoms. The highest BCUT2D eigenvalue weighted by Crippen LogP contribution is 2.42. The lowest BCUT2D eigenvalue weighted by Crippen LogP contribution is -2.27. The van der Waals surface area contributed by atoms with E-state index in [1.165, 1.54) is 71.1 Å². The number of phosphoric ester groups is 1. The highest BCUT2D eigenvalue weighted by atomic mass is 31.2. The maximum atomic E-state index is 11.7. The van der Waals surface area contributed by atoms with Gasteiger partial charge in [0.25, 0.3) is 0 Å². The van der Waals surface area contributed by atoms with Crippen LogP contribution in [-0.4, -0.2) is 56.7 Å². The van der Waals surface area contributed by atoms with Gasteiger partial charge in [-0.15, -0.1) is 0 Å². The summed E-state index contributed by atoms with van der Waals surface area (Å²) in [4.78, 5) is 20.6. The molecule has 9 nitrogen and oxygen atoms in total. The molecule has 0 aliphatic rings. The molecule has 0 fully saturated rings. The number of esters is 1. The van der Waals surface area contributed by atoms with Gasteiger partial charge in [-0.05, 0) is 25.7 Å². The smallest absolute Gasteiger partial charge is 0.463 e. The van der Waals surface area contributed by atoms with Gasteiger partial charge in [0.05, 0.1) is 13.2 Å². The molecule has 0 saturated carbocycles. The molecule has 0 bridgehead atoms. The zero-order chi connectivity index (χ0) is 25.3. The van der Waals surface area contributed by atoms with Crippen molar-refractivity contribution in [3.05, 3.63) is 12.2 Å². The van der Waals surface area contributed by atoms with Gasteiger partial charge in [-0.25, -0.2) is 4.57 Å². The quantitative estimate of drug-likeness (QED) is 0.0557. The molecule has 0 saturated heterocycles. The van der Waals surface area contributed by atoms with Crippen molar-refractivity contribution < 1.29 is 37.5 Å². The minimum absolute atomic E-state index is 0.0262. The number of carbonyl (C=O) groups excluding carboxylic acids is 1. The van der Waals surface area contributed by atoms with E-state index in [0.29, 0.717) is 6.61 Å². The number of phosphoric acid groups is 1. The van der Waals surface area contributed by atoms with Crippen molar-refractivity contribution in [1.29, 1.82) is 0 Å². The van der Waals surface area contributed by atoms with E-state index in [9.17, 15) is 14.3 Å². The van der Waals surface area contributed by atoms with Crippen LogP contribution in [0.4, 0.5) is 0 Å². The van der Waals surface area contributed by atoms with E-state index in [1.807, 2.05) is 0 Å². The Balaban J connectivity index is 3.71. The van der Waals surface area contributed by atoms with Crippen LogP contribution in [0.15, 0.2) is 12.2 Å². The number of hydrogen-bond donors (Lipinski definition) is 2. The molecule has 3 N–H and O–H groups in total. The van der Waals surface area contributed by atoms with Gasteiger partial charge in [0.2, 0.25) is 0 Å². The fraction of sp³-hybridized carbons (Fsp3) is 0.875. The molecule has 34 heavy (non-hydrogen) atoms. The molecule has 0 heterocycles. The fourth-order valence-corrected chi connectivity index (χ4v) is 3.79. The maximum absolute atomic E-state index is 11.7. The summed E-state index contributed by atoms with van der Waals surface area (Å²) in [6.07, 6.45) is 18.5.